The van der Waals surface area contributed by atoms with Crippen molar-refractivity contribution in [2.24, 2.45) is 0 Å². The van der Waals surface area contributed by atoms with E-state index in [0.29, 0.717) is 5.82 Å². The van der Waals surface area contributed by atoms with Crippen LogP contribution in [-0.4, -0.2) is 30.8 Å². The van der Waals surface area contributed by atoms with E-state index in [2.05, 4.69) is 10.2 Å². The minimum Gasteiger partial charge on any atom is -0.508 e. The molecule has 6 nitrogen and oxygen atoms in total. The molecule has 6 heteroatoms. The van der Waals surface area contributed by atoms with Gasteiger partial charge in [-0.25, -0.2) is 0 Å². The molecular formula is C16H13N3O3. The predicted octanol–water partition coefficient (Wildman–Crippen LogP) is 2.10. The monoisotopic (exact) mass is 295 g/mol. The minimum atomic E-state index is -0.303. The molecule has 3 rings (SSSR count). The smallest absolute Gasteiger partial charge is 0.174 e. The van der Waals surface area contributed by atoms with Gasteiger partial charge in [-0.3, -0.25) is 9.36 Å². The highest BCUT2D eigenvalue weighted by Gasteiger charge is 2.16. The number of aromatic hydroxyl groups is 2. The lowest BCUT2D eigenvalue weighted by molar-refractivity contribution is 0.0987. The van der Waals surface area contributed by atoms with Crippen molar-refractivity contribution in [3.8, 4) is 17.2 Å². The van der Waals surface area contributed by atoms with Gasteiger partial charge in [0.2, 0.25) is 0 Å². The van der Waals surface area contributed by atoms with Crippen molar-refractivity contribution in [1.29, 1.82) is 0 Å². The lowest BCUT2D eigenvalue weighted by atomic mass is 10.1. The molecule has 110 valence electrons. The van der Waals surface area contributed by atoms with Crippen LogP contribution in [0.25, 0.3) is 5.69 Å². The van der Waals surface area contributed by atoms with Gasteiger partial charge >= 0.3 is 0 Å². The van der Waals surface area contributed by atoms with Gasteiger partial charge in [0.15, 0.2) is 5.78 Å². The fraction of sp³-hybridized carbons (Fsp3) is 0.0625. The zero-order valence-corrected chi connectivity index (χ0v) is 11.5. The number of Topliss-reactive ketones (excluding diaryl/α,β-unsaturated/α-hetero) is 1. The van der Waals surface area contributed by atoms with E-state index in [1.807, 2.05) is 30.3 Å². The molecular weight excluding hydrogens is 282 g/mol. The number of benzene rings is 2. The van der Waals surface area contributed by atoms with Crippen LogP contribution in [0.3, 0.4) is 0 Å². The first-order chi connectivity index (χ1) is 10.6. The molecule has 0 unspecified atom stereocenters. The number of phenolic OH excluding ortho intramolecular Hbond substituents is 2. The fourth-order valence-electron chi connectivity index (χ4n) is 2.18. The zero-order chi connectivity index (χ0) is 15.5. The summed E-state index contributed by atoms with van der Waals surface area (Å²) in [5, 5.41) is 26.8. The number of hydrogen-bond acceptors (Lipinski definition) is 5. The average Bonchev–Trinajstić information content (AvgIpc) is 2.96. The van der Waals surface area contributed by atoms with Gasteiger partial charge in [0.1, 0.15) is 23.7 Å². The molecule has 0 amide bonds. The summed E-state index contributed by atoms with van der Waals surface area (Å²) < 4.78 is 1.72. The highest BCUT2D eigenvalue weighted by atomic mass is 16.3. The number of carbonyl (C=O) groups excluding carboxylic acids is 1. The highest BCUT2D eigenvalue weighted by molar-refractivity contribution is 5.99. The summed E-state index contributed by atoms with van der Waals surface area (Å²) in [6, 6.07) is 13.3. The van der Waals surface area contributed by atoms with Gasteiger partial charge < -0.3 is 10.2 Å². The quantitative estimate of drug-likeness (QED) is 0.720. The molecule has 3 aromatic rings. The third kappa shape index (κ3) is 2.67. The molecule has 0 fully saturated rings. The van der Waals surface area contributed by atoms with Crippen molar-refractivity contribution in [3.63, 3.8) is 0 Å². The topological polar surface area (TPSA) is 88.2 Å². The van der Waals surface area contributed by atoms with Crippen LogP contribution in [-0.2, 0) is 6.42 Å². The van der Waals surface area contributed by atoms with Crippen LogP contribution < -0.4 is 0 Å². The average molecular weight is 295 g/mol. The number of carbonyl (C=O) groups is 1. The lowest BCUT2D eigenvalue weighted by Crippen LogP contribution is -2.09. The summed E-state index contributed by atoms with van der Waals surface area (Å²) in [5.74, 6) is -0.177. The lowest BCUT2D eigenvalue weighted by Gasteiger charge is -2.07. The van der Waals surface area contributed by atoms with E-state index in [9.17, 15) is 15.0 Å². The Balaban J connectivity index is 1.88. The van der Waals surface area contributed by atoms with Crippen LogP contribution in [0.15, 0.2) is 54.9 Å². The number of nitrogens with zero attached hydrogens (tertiary/aromatic N) is 3. The summed E-state index contributed by atoms with van der Waals surface area (Å²) in [4.78, 5) is 12.3. The molecule has 22 heavy (non-hydrogen) atoms. The Morgan fingerprint density at radius 1 is 1.09 bits per heavy atom. The van der Waals surface area contributed by atoms with E-state index in [0.717, 1.165) is 11.8 Å². The van der Waals surface area contributed by atoms with Crippen molar-refractivity contribution in [2.45, 2.75) is 6.42 Å². The zero-order valence-electron chi connectivity index (χ0n) is 11.5. The van der Waals surface area contributed by atoms with Gasteiger partial charge in [0, 0.05) is 11.8 Å². The van der Waals surface area contributed by atoms with E-state index < -0.39 is 0 Å². The second-order valence-corrected chi connectivity index (χ2v) is 4.75. The molecule has 0 radical (unpaired) electrons. The predicted molar refractivity (Wildman–Crippen MR) is 79.2 cm³/mol. The molecule has 0 bridgehead atoms. The van der Waals surface area contributed by atoms with E-state index in [1.165, 1.54) is 18.5 Å². The van der Waals surface area contributed by atoms with Crippen LogP contribution in [0.4, 0.5) is 0 Å². The molecule has 0 saturated carbocycles. The number of hydrogen-bond donors (Lipinski definition) is 2. The van der Waals surface area contributed by atoms with E-state index in [4.69, 9.17) is 0 Å². The Bertz CT molecular complexity index is 813. The van der Waals surface area contributed by atoms with E-state index >= 15 is 0 Å². The van der Waals surface area contributed by atoms with Crippen LogP contribution in [0.5, 0.6) is 11.5 Å². The number of rotatable bonds is 4. The number of para-hydroxylation sites is 1. The first-order valence-electron chi connectivity index (χ1n) is 6.64. The van der Waals surface area contributed by atoms with E-state index in [1.54, 1.807) is 4.57 Å². The van der Waals surface area contributed by atoms with E-state index in [-0.39, 0.29) is 29.3 Å². The molecule has 1 aromatic heterocycles. The standard InChI is InChI=1S/C16H13N3O3/c20-12-6-7-13(14(21)8-12)15(22)9-16-18-17-10-19(16)11-4-2-1-3-5-11/h1-8,10,20-21H,9H2. The van der Waals surface area contributed by atoms with Gasteiger partial charge in [-0.15, -0.1) is 10.2 Å². The van der Waals surface area contributed by atoms with Crippen LogP contribution in [0.2, 0.25) is 0 Å². The van der Waals surface area contributed by atoms with Crippen molar-refractivity contribution in [1.82, 2.24) is 14.8 Å². The van der Waals surface area contributed by atoms with Gasteiger partial charge in [-0.05, 0) is 24.3 Å². The maximum Gasteiger partial charge on any atom is 0.174 e. The first-order valence-corrected chi connectivity index (χ1v) is 6.64. The van der Waals surface area contributed by atoms with Gasteiger partial charge in [0.05, 0.1) is 12.0 Å². The third-order valence-corrected chi connectivity index (χ3v) is 3.25. The second kappa shape index (κ2) is 5.69. The molecule has 0 aliphatic rings. The normalized spacial score (nSPS) is 10.5. The molecule has 0 aliphatic heterocycles. The Morgan fingerprint density at radius 2 is 1.86 bits per heavy atom. The number of phenols is 2. The molecule has 0 aliphatic carbocycles. The van der Waals surface area contributed by atoms with Crippen molar-refractivity contribution < 1.29 is 15.0 Å². The summed E-state index contributed by atoms with van der Waals surface area (Å²) in [6.07, 6.45) is 1.53. The maximum absolute atomic E-state index is 12.3. The molecule has 1 heterocycles. The van der Waals surface area contributed by atoms with Gasteiger partial charge in [-0.1, -0.05) is 18.2 Å². The molecule has 0 spiro atoms. The Kier molecular flexibility index (Phi) is 3.57. The summed E-state index contributed by atoms with van der Waals surface area (Å²) in [5.41, 5.74) is 0.991. The Morgan fingerprint density at radius 3 is 2.59 bits per heavy atom. The number of ketones is 1. The molecule has 2 aromatic carbocycles. The highest BCUT2D eigenvalue weighted by Crippen LogP contribution is 2.24. The van der Waals surface area contributed by atoms with Crippen LogP contribution >= 0.6 is 0 Å². The van der Waals surface area contributed by atoms with Crippen molar-refractivity contribution in [3.05, 3.63) is 66.2 Å². The first kappa shape index (κ1) is 13.8. The number of aromatic nitrogens is 3. The second-order valence-electron chi connectivity index (χ2n) is 4.75. The molecule has 0 atom stereocenters. The Hall–Kier alpha value is -3.15. The minimum absolute atomic E-state index is 0.00672. The van der Waals surface area contributed by atoms with Crippen molar-refractivity contribution >= 4 is 5.78 Å². The van der Waals surface area contributed by atoms with Gasteiger partial charge in [-0.2, -0.15) is 0 Å². The van der Waals surface area contributed by atoms with Gasteiger partial charge in [0.25, 0.3) is 0 Å². The Labute approximate surface area is 126 Å². The fourth-order valence-corrected chi connectivity index (χ4v) is 2.18. The van der Waals surface area contributed by atoms with Crippen LogP contribution in [0, 0.1) is 0 Å². The molecule has 2 N–H and O–H groups in total. The third-order valence-electron chi connectivity index (χ3n) is 3.25. The molecule has 0 saturated heterocycles. The van der Waals surface area contributed by atoms with Crippen LogP contribution in [0.1, 0.15) is 16.2 Å². The van der Waals surface area contributed by atoms with Crippen molar-refractivity contribution in [2.75, 3.05) is 0 Å². The summed E-state index contributed by atoms with van der Waals surface area (Å²) in [7, 11) is 0. The summed E-state index contributed by atoms with van der Waals surface area (Å²) >= 11 is 0. The SMILES string of the molecule is O=C(Cc1nncn1-c1ccccc1)c1ccc(O)cc1O. The summed E-state index contributed by atoms with van der Waals surface area (Å²) in [6.45, 7) is 0. The largest absolute Gasteiger partial charge is 0.508 e. The maximum atomic E-state index is 12.3.